The van der Waals surface area contributed by atoms with Crippen LogP contribution in [0.3, 0.4) is 0 Å². The van der Waals surface area contributed by atoms with Gasteiger partial charge in [-0.15, -0.1) is 0 Å². The third kappa shape index (κ3) is 4.67. The molecule has 25 heavy (non-hydrogen) atoms. The monoisotopic (exact) mass is 358 g/mol. The van der Waals surface area contributed by atoms with Crippen molar-refractivity contribution in [3.63, 3.8) is 0 Å². The van der Waals surface area contributed by atoms with Gasteiger partial charge in [-0.3, -0.25) is 4.79 Å². The summed E-state index contributed by atoms with van der Waals surface area (Å²) in [4.78, 5) is 14.3. The highest BCUT2D eigenvalue weighted by atomic mass is 32.2. The molecule has 0 spiro atoms. The summed E-state index contributed by atoms with van der Waals surface area (Å²) < 4.78 is 27.3. The molecule has 0 unspecified atom stereocenters. The second-order valence-electron chi connectivity index (χ2n) is 6.47. The number of nitrogens with one attached hydrogen (secondary N) is 1. The van der Waals surface area contributed by atoms with Gasteiger partial charge in [0.1, 0.15) is 0 Å². The zero-order valence-corrected chi connectivity index (χ0v) is 15.0. The summed E-state index contributed by atoms with van der Waals surface area (Å²) in [7, 11) is -1.87. The Morgan fingerprint density at radius 1 is 1.12 bits per heavy atom. The van der Waals surface area contributed by atoms with E-state index in [0.29, 0.717) is 24.6 Å². The van der Waals surface area contributed by atoms with E-state index in [1.54, 1.807) is 24.1 Å². The van der Waals surface area contributed by atoms with E-state index in [4.69, 9.17) is 0 Å². The summed E-state index contributed by atoms with van der Waals surface area (Å²) in [6.07, 6.45) is 2.15. The van der Waals surface area contributed by atoms with E-state index in [-0.39, 0.29) is 10.8 Å². The Balaban J connectivity index is 1.72. The van der Waals surface area contributed by atoms with Gasteiger partial charge in [0.2, 0.25) is 10.0 Å². The second-order valence-corrected chi connectivity index (χ2v) is 8.24. The minimum atomic E-state index is -3.58. The summed E-state index contributed by atoms with van der Waals surface area (Å²) in [5.74, 6) is 0.250. The minimum absolute atomic E-state index is 0.132. The number of amides is 1. The van der Waals surface area contributed by atoms with Gasteiger partial charge in [-0.1, -0.05) is 36.4 Å². The molecule has 1 saturated carbocycles. The van der Waals surface area contributed by atoms with Crippen molar-refractivity contribution >= 4 is 15.9 Å². The van der Waals surface area contributed by atoms with Gasteiger partial charge in [-0.05, 0) is 42.5 Å². The van der Waals surface area contributed by atoms with Crippen LogP contribution in [0.2, 0.25) is 0 Å². The Hall–Kier alpha value is -2.18. The van der Waals surface area contributed by atoms with Crippen molar-refractivity contribution < 1.29 is 13.2 Å². The molecule has 5 nitrogen and oxygen atoms in total. The second kappa shape index (κ2) is 7.37. The number of benzene rings is 2. The maximum Gasteiger partial charge on any atom is 0.253 e. The quantitative estimate of drug-likeness (QED) is 0.827. The fourth-order valence-electron chi connectivity index (χ4n) is 2.58. The number of sulfonamides is 1. The number of nitrogens with zero attached hydrogens (tertiary/aromatic N) is 1. The molecule has 132 valence electrons. The zero-order chi connectivity index (χ0) is 17.9. The van der Waals surface area contributed by atoms with E-state index >= 15 is 0 Å². The van der Waals surface area contributed by atoms with Crippen LogP contribution in [0.5, 0.6) is 0 Å². The fraction of sp³-hybridized carbons (Fsp3) is 0.316. The lowest BCUT2D eigenvalue weighted by Crippen LogP contribution is -2.28. The number of rotatable bonds is 7. The topological polar surface area (TPSA) is 66.5 Å². The Morgan fingerprint density at radius 3 is 2.52 bits per heavy atom. The highest BCUT2D eigenvalue weighted by Crippen LogP contribution is 2.28. The van der Waals surface area contributed by atoms with Crippen molar-refractivity contribution in [3.8, 4) is 0 Å². The molecule has 0 radical (unpaired) electrons. The van der Waals surface area contributed by atoms with E-state index in [2.05, 4.69) is 4.72 Å². The molecule has 6 heteroatoms. The third-order valence-electron chi connectivity index (χ3n) is 4.26. The van der Waals surface area contributed by atoms with E-state index in [0.717, 1.165) is 18.4 Å². The van der Waals surface area contributed by atoms with Gasteiger partial charge >= 0.3 is 0 Å². The SMILES string of the molecule is CN(Cc1ccccc1)C(=O)c1cccc(S(=O)(=O)NCC2CC2)c1. The third-order valence-corrected chi connectivity index (χ3v) is 5.68. The van der Waals surface area contributed by atoms with Crippen molar-refractivity contribution in [2.45, 2.75) is 24.3 Å². The minimum Gasteiger partial charge on any atom is -0.337 e. The molecule has 0 atom stereocenters. The molecule has 1 aliphatic carbocycles. The average molecular weight is 358 g/mol. The molecule has 0 bridgehead atoms. The molecule has 1 N–H and O–H groups in total. The highest BCUT2D eigenvalue weighted by molar-refractivity contribution is 7.89. The van der Waals surface area contributed by atoms with Crippen LogP contribution in [-0.2, 0) is 16.6 Å². The molecule has 3 rings (SSSR count). The van der Waals surface area contributed by atoms with Crippen molar-refractivity contribution in [1.82, 2.24) is 9.62 Å². The maximum atomic E-state index is 12.6. The number of hydrogen-bond donors (Lipinski definition) is 1. The van der Waals surface area contributed by atoms with E-state index in [9.17, 15) is 13.2 Å². The average Bonchev–Trinajstić information content (AvgIpc) is 3.45. The molecule has 0 heterocycles. The van der Waals surface area contributed by atoms with Gasteiger partial charge in [0.05, 0.1) is 4.90 Å². The maximum absolute atomic E-state index is 12.6. The highest BCUT2D eigenvalue weighted by Gasteiger charge is 2.24. The molecular weight excluding hydrogens is 336 g/mol. The van der Waals surface area contributed by atoms with Crippen LogP contribution in [0.25, 0.3) is 0 Å². The van der Waals surface area contributed by atoms with Crippen LogP contribution in [0.4, 0.5) is 0 Å². The predicted molar refractivity (Wildman–Crippen MR) is 96.6 cm³/mol. The summed E-state index contributed by atoms with van der Waals surface area (Å²) in [6.45, 7) is 0.936. The van der Waals surface area contributed by atoms with Crippen LogP contribution < -0.4 is 4.72 Å². The number of carbonyl (C=O) groups excluding carboxylic acids is 1. The van der Waals surface area contributed by atoms with E-state index in [1.807, 2.05) is 30.3 Å². The summed E-state index contributed by atoms with van der Waals surface area (Å²) in [5.41, 5.74) is 1.39. The summed E-state index contributed by atoms with van der Waals surface area (Å²) in [5, 5.41) is 0. The lowest BCUT2D eigenvalue weighted by molar-refractivity contribution is 0.0785. The largest absolute Gasteiger partial charge is 0.337 e. The normalized spacial score (nSPS) is 14.3. The smallest absolute Gasteiger partial charge is 0.253 e. The first-order valence-corrected chi connectivity index (χ1v) is 9.83. The molecule has 1 fully saturated rings. The first-order chi connectivity index (χ1) is 12.0. The Labute approximate surface area is 148 Å². The molecule has 1 amide bonds. The molecule has 0 aromatic heterocycles. The van der Waals surface area contributed by atoms with Crippen LogP contribution in [0.1, 0.15) is 28.8 Å². The van der Waals surface area contributed by atoms with Gasteiger partial charge < -0.3 is 4.90 Å². The van der Waals surface area contributed by atoms with Crippen molar-refractivity contribution in [3.05, 3.63) is 65.7 Å². The van der Waals surface area contributed by atoms with Crippen LogP contribution >= 0.6 is 0 Å². The Kier molecular flexibility index (Phi) is 5.20. The first kappa shape index (κ1) is 17.6. The van der Waals surface area contributed by atoms with Gasteiger partial charge in [-0.2, -0.15) is 0 Å². The summed E-state index contributed by atoms with van der Waals surface area (Å²) in [6, 6.07) is 15.9. The lowest BCUT2D eigenvalue weighted by Gasteiger charge is -2.18. The molecular formula is C19H22N2O3S. The van der Waals surface area contributed by atoms with Crippen LogP contribution in [0.15, 0.2) is 59.5 Å². The number of hydrogen-bond acceptors (Lipinski definition) is 3. The first-order valence-electron chi connectivity index (χ1n) is 8.35. The lowest BCUT2D eigenvalue weighted by atomic mass is 10.1. The van der Waals surface area contributed by atoms with Gasteiger partial charge in [0, 0.05) is 25.7 Å². The fourth-order valence-corrected chi connectivity index (χ4v) is 3.74. The van der Waals surface area contributed by atoms with E-state index < -0.39 is 10.0 Å². The Bertz CT molecular complexity index is 846. The summed E-state index contributed by atoms with van der Waals surface area (Å²) >= 11 is 0. The van der Waals surface area contributed by atoms with Gasteiger partial charge in [-0.25, -0.2) is 13.1 Å². The van der Waals surface area contributed by atoms with Crippen LogP contribution in [0, 0.1) is 5.92 Å². The number of carbonyl (C=O) groups is 1. The molecule has 1 aliphatic rings. The van der Waals surface area contributed by atoms with Crippen molar-refractivity contribution in [2.24, 2.45) is 5.92 Å². The molecule has 0 aliphatic heterocycles. The van der Waals surface area contributed by atoms with E-state index in [1.165, 1.54) is 12.1 Å². The molecule has 0 saturated heterocycles. The molecule has 2 aromatic rings. The van der Waals surface area contributed by atoms with Gasteiger partial charge in [0.25, 0.3) is 5.91 Å². The van der Waals surface area contributed by atoms with Crippen molar-refractivity contribution in [2.75, 3.05) is 13.6 Å². The van der Waals surface area contributed by atoms with Crippen molar-refractivity contribution in [1.29, 1.82) is 0 Å². The standard InChI is InChI=1S/C19H22N2O3S/c1-21(14-16-6-3-2-4-7-16)19(22)17-8-5-9-18(12-17)25(23,24)20-13-15-10-11-15/h2-9,12,15,20H,10-11,13-14H2,1H3. The van der Waals surface area contributed by atoms with Crippen LogP contribution in [-0.4, -0.2) is 32.8 Å². The zero-order valence-electron chi connectivity index (χ0n) is 14.2. The predicted octanol–water partition coefficient (Wildman–Crippen LogP) is 2.65. The van der Waals surface area contributed by atoms with Gasteiger partial charge in [0.15, 0.2) is 0 Å². The Morgan fingerprint density at radius 2 is 1.84 bits per heavy atom. The molecule has 2 aromatic carbocycles.